The number of sulfonamides is 1. The zero-order chi connectivity index (χ0) is 17.9. The molecule has 0 unspecified atom stereocenters. The van der Waals surface area contributed by atoms with E-state index in [-0.39, 0.29) is 10.6 Å². The van der Waals surface area contributed by atoms with Crippen LogP contribution in [0.5, 0.6) is 0 Å². The number of hydrogen-bond donors (Lipinski definition) is 1. The van der Waals surface area contributed by atoms with E-state index < -0.39 is 14.9 Å². The van der Waals surface area contributed by atoms with E-state index in [9.17, 15) is 18.5 Å². The van der Waals surface area contributed by atoms with Gasteiger partial charge in [0.2, 0.25) is 0 Å². The number of rotatable bonds is 5. The highest BCUT2D eigenvalue weighted by atomic mass is 32.2. The molecule has 2 aromatic carbocycles. The van der Waals surface area contributed by atoms with Gasteiger partial charge < -0.3 is 0 Å². The first kappa shape index (κ1) is 17.6. The maximum Gasteiger partial charge on any atom is 0.276 e. The molecule has 0 radical (unpaired) electrons. The minimum atomic E-state index is -3.79. The summed E-state index contributed by atoms with van der Waals surface area (Å²) in [6, 6.07) is 11.0. The van der Waals surface area contributed by atoms with Crippen LogP contribution in [0, 0.1) is 24.0 Å². The van der Waals surface area contributed by atoms with Gasteiger partial charge in [-0.05, 0) is 32.9 Å². The summed E-state index contributed by atoms with van der Waals surface area (Å²) in [7, 11) is -3.79. The summed E-state index contributed by atoms with van der Waals surface area (Å²) in [6.45, 7) is 5.07. The number of nitro groups is 1. The number of nitro benzene ring substituents is 1. The first-order valence-corrected chi connectivity index (χ1v) is 8.57. The molecule has 0 saturated heterocycles. The van der Waals surface area contributed by atoms with Crippen molar-refractivity contribution < 1.29 is 13.3 Å². The molecule has 1 N–H and O–H groups in total. The van der Waals surface area contributed by atoms with E-state index in [1.54, 1.807) is 38.1 Å². The molecule has 0 fully saturated rings. The first-order valence-electron chi connectivity index (χ1n) is 7.09. The van der Waals surface area contributed by atoms with Crippen molar-refractivity contribution in [1.29, 1.82) is 0 Å². The van der Waals surface area contributed by atoms with Gasteiger partial charge in [-0.25, -0.2) is 0 Å². The lowest BCUT2D eigenvalue weighted by atomic mass is 10.1. The molecular weight excluding hydrogens is 330 g/mol. The minimum absolute atomic E-state index is 0.0385. The van der Waals surface area contributed by atoms with Gasteiger partial charge in [-0.15, -0.1) is 0 Å². The van der Waals surface area contributed by atoms with Crippen molar-refractivity contribution in [3.05, 3.63) is 69.3 Å². The van der Waals surface area contributed by atoms with Crippen LogP contribution in [0.15, 0.2) is 52.5 Å². The summed E-state index contributed by atoms with van der Waals surface area (Å²) < 4.78 is 24.4. The third kappa shape index (κ3) is 3.96. The van der Waals surface area contributed by atoms with E-state index in [0.29, 0.717) is 16.8 Å². The molecule has 0 atom stereocenters. The minimum Gasteiger partial charge on any atom is -0.258 e. The second-order valence-corrected chi connectivity index (χ2v) is 7.02. The molecule has 8 heteroatoms. The van der Waals surface area contributed by atoms with Crippen molar-refractivity contribution in [3.63, 3.8) is 0 Å². The molecule has 126 valence electrons. The van der Waals surface area contributed by atoms with Gasteiger partial charge in [-0.1, -0.05) is 29.8 Å². The smallest absolute Gasteiger partial charge is 0.258 e. The lowest BCUT2D eigenvalue weighted by molar-refractivity contribution is -0.385. The zero-order valence-corrected chi connectivity index (χ0v) is 14.3. The predicted octanol–water partition coefficient (Wildman–Crippen LogP) is 2.91. The van der Waals surface area contributed by atoms with Gasteiger partial charge in [0.15, 0.2) is 0 Å². The Morgan fingerprint density at radius 3 is 2.33 bits per heavy atom. The lowest BCUT2D eigenvalue weighted by Gasteiger charge is -2.06. The molecule has 0 spiro atoms. The van der Waals surface area contributed by atoms with Gasteiger partial charge in [-0.3, -0.25) is 10.1 Å². The maximum absolute atomic E-state index is 12.2. The fourth-order valence-corrected chi connectivity index (χ4v) is 2.85. The summed E-state index contributed by atoms with van der Waals surface area (Å²) in [5.74, 6) is 0. The van der Waals surface area contributed by atoms with Crippen LogP contribution in [-0.2, 0) is 10.0 Å². The van der Waals surface area contributed by atoms with E-state index >= 15 is 0 Å². The molecule has 0 heterocycles. The highest BCUT2D eigenvalue weighted by molar-refractivity contribution is 7.89. The summed E-state index contributed by atoms with van der Waals surface area (Å²) in [5, 5.41) is 14.8. The molecule has 7 nitrogen and oxygen atoms in total. The molecule has 0 bridgehead atoms. The zero-order valence-electron chi connectivity index (χ0n) is 13.5. The Hall–Kier alpha value is -2.74. The number of nitrogens with one attached hydrogen (secondary N) is 1. The van der Waals surface area contributed by atoms with Gasteiger partial charge in [0, 0.05) is 17.2 Å². The number of nitrogens with zero attached hydrogens (tertiary/aromatic N) is 2. The van der Waals surface area contributed by atoms with Gasteiger partial charge in [0.25, 0.3) is 15.7 Å². The quantitative estimate of drug-likeness (QED) is 0.510. The van der Waals surface area contributed by atoms with Crippen LogP contribution in [0.25, 0.3) is 0 Å². The topological polar surface area (TPSA) is 102 Å². The number of hydrogen-bond acceptors (Lipinski definition) is 5. The number of hydrazone groups is 1. The summed E-state index contributed by atoms with van der Waals surface area (Å²) >= 11 is 0. The van der Waals surface area contributed by atoms with Crippen molar-refractivity contribution in [2.45, 2.75) is 25.7 Å². The van der Waals surface area contributed by atoms with E-state index in [4.69, 9.17) is 0 Å². The van der Waals surface area contributed by atoms with E-state index in [1.807, 2.05) is 6.92 Å². The monoisotopic (exact) mass is 347 g/mol. The fraction of sp³-hybridized carbons (Fsp3) is 0.188. The molecule has 0 aromatic heterocycles. The van der Waals surface area contributed by atoms with Gasteiger partial charge >= 0.3 is 0 Å². The largest absolute Gasteiger partial charge is 0.276 e. The van der Waals surface area contributed by atoms with Gasteiger partial charge in [0.1, 0.15) is 0 Å². The SMILES string of the molecule is C/C(=N\NS(=O)(=O)c1ccc(C)cc1)c1ccc(C)c([N+](=O)[O-])c1. The Kier molecular flexibility index (Phi) is 4.99. The average molecular weight is 347 g/mol. The molecular formula is C16H17N3O4S. The normalized spacial score (nSPS) is 12.0. The molecule has 0 aliphatic heterocycles. The summed E-state index contributed by atoms with van der Waals surface area (Å²) in [4.78, 5) is 12.7. The van der Waals surface area contributed by atoms with Crippen LogP contribution in [0.1, 0.15) is 23.6 Å². The maximum atomic E-state index is 12.2. The second kappa shape index (κ2) is 6.79. The highest BCUT2D eigenvalue weighted by Crippen LogP contribution is 2.19. The average Bonchev–Trinajstić information content (AvgIpc) is 2.53. The summed E-state index contributed by atoms with van der Waals surface area (Å²) in [6.07, 6.45) is 0. The van der Waals surface area contributed by atoms with Crippen LogP contribution in [-0.4, -0.2) is 19.1 Å². The number of benzene rings is 2. The van der Waals surface area contributed by atoms with Crippen molar-refractivity contribution >= 4 is 21.4 Å². The van der Waals surface area contributed by atoms with Crippen LogP contribution in [0.4, 0.5) is 5.69 Å². The van der Waals surface area contributed by atoms with Crippen LogP contribution >= 0.6 is 0 Å². The van der Waals surface area contributed by atoms with Crippen LogP contribution < -0.4 is 4.83 Å². The Bertz CT molecular complexity index is 903. The fourth-order valence-electron chi connectivity index (χ4n) is 1.99. The van der Waals surface area contributed by atoms with E-state index in [1.165, 1.54) is 18.2 Å². The molecule has 0 aliphatic rings. The Balaban J connectivity index is 2.27. The van der Waals surface area contributed by atoms with Crippen molar-refractivity contribution in [2.75, 3.05) is 0 Å². The third-order valence-corrected chi connectivity index (χ3v) is 4.71. The lowest BCUT2D eigenvalue weighted by Crippen LogP contribution is -2.20. The Morgan fingerprint density at radius 2 is 1.75 bits per heavy atom. The molecule has 0 aliphatic carbocycles. The van der Waals surface area contributed by atoms with E-state index in [0.717, 1.165) is 5.56 Å². The highest BCUT2D eigenvalue weighted by Gasteiger charge is 2.14. The third-order valence-electron chi connectivity index (χ3n) is 3.49. The molecule has 0 saturated carbocycles. The molecule has 24 heavy (non-hydrogen) atoms. The van der Waals surface area contributed by atoms with Crippen molar-refractivity contribution in [1.82, 2.24) is 4.83 Å². The Morgan fingerprint density at radius 1 is 1.12 bits per heavy atom. The first-order chi connectivity index (χ1) is 11.2. The van der Waals surface area contributed by atoms with Crippen LogP contribution in [0.2, 0.25) is 0 Å². The standard InChI is InChI=1S/C16H17N3O4S/c1-11-4-8-15(9-5-11)24(22,23)18-17-13(3)14-7-6-12(2)16(10-14)19(20)21/h4-10,18H,1-3H3/b17-13+. The predicted molar refractivity (Wildman–Crippen MR) is 91.5 cm³/mol. The van der Waals surface area contributed by atoms with Gasteiger partial charge in [-0.2, -0.15) is 18.4 Å². The molecule has 2 aromatic rings. The van der Waals surface area contributed by atoms with Crippen molar-refractivity contribution in [2.24, 2.45) is 5.10 Å². The van der Waals surface area contributed by atoms with Gasteiger partial charge in [0.05, 0.1) is 15.5 Å². The Labute approximate surface area is 140 Å². The second-order valence-electron chi connectivity index (χ2n) is 5.36. The van der Waals surface area contributed by atoms with E-state index in [2.05, 4.69) is 9.93 Å². The van der Waals surface area contributed by atoms with Crippen molar-refractivity contribution in [3.8, 4) is 0 Å². The molecule has 2 rings (SSSR count). The molecule has 0 amide bonds. The van der Waals surface area contributed by atoms with Crippen LogP contribution in [0.3, 0.4) is 0 Å². The summed E-state index contributed by atoms with van der Waals surface area (Å²) in [5.41, 5.74) is 2.23. The number of aryl methyl sites for hydroxylation is 2.